The van der Waals surface area contributed by atoms with Crippen LogP contribution in [0.3, 0.4) is 0 Å². The molecule has 27 heavy (non-hydrogen) atoms. The minimum absolute atomic E-state index is 0. The number of allylic oxidation sites excluding steroid dienone is 5. The minimum Gasteiger partial charge on any atom is -1.00 e. The first-order chi connectivity index (χ1) is 11.9. The topological polar surface area (TPSA) is 4.93 Å². The Kier molecular flexibility index (Phi) is 6.75. The van der Waals surface area contributed by atoms with Crippen LogP contribution in [0, 0.1) is 5.41 Å². The average Bonchev–Trinajstić information content (AvgIpc) is 3.26. The monoisotopic (exact) mass is 433 g/mol. The molecular formula is C23H25Cl2NTi. The minimum atomic E-state index is -0.351. The molecule has 0 radical (unpaired) electrons. The first-order valence-electron chi connectivity index (χ1n) is 9.01. The summed E-state index contributed by atoms with van der Waals surface area (Å²) in [4.78, 5) is 0. The van der Waals surface area contributed by atoms with Gasteiger partial charge in [-0.1, -0.05) is 0 Å². The van der Waals surface area contributed by atoms with E-state index < -0.39 is 0 Å². The van der Waals surface area contributed by atoms with Gasteiger partial charge >= 0.3 is 160 Å². The number of rotatable bonds is 3. The quantitative estimate of drug-likeness (QED) is 0.608. The summed E-state index contributed by atoms with van der Waals surface area (Å²) in [6.07, 6.45) is 6.89. The summed E-state index contributed by atoms with van der Waals surface area (Å²) in [5, 5.41) is 0. The van der Waals surface area contributed by atoms with Gasteiger partial charge < -0.3 is 24.8 Å². The molecule has 0 amide bonds. The molecule has 0 N–H and O–H groups in total. The molecular weight excluding hydrogens is 409 g/mol. The zero-order chi connectivity index (χ0) is 17.8. The summed E-state index contributed by atoms with van der Waals surface area (Å²) >= 11 is -0.351. The van der Waals surface area contributed by atoms with Crippen molar-refractivity contribution >= 4 is 6.08 Å². The van der Waals surface area contributed by atoms with Gasteiger partial charge in [0.25, 0.3) is 0 Å². The van der Waals surface area contributed by atoms with Gasteiger partial charge in [0.1, 0.15) is 0 Å². The zero-order valence-electron chi connectivity index (χ0n) is 16.5. The van der Waals surface area contributed by atoms with Crippen LogP contribution in [0.25, 0.3) is 6.08 Å². The van der Waals surface area contributed by atoms with Crippen molar-refractivity contribution in [3.8, 4) is 0 Å². The Bertz CT molecular complexity index is 933. The van der Waals surface area contributed by atoms with Crippen molar-refractivity contribution in [2.75, 3.05) is 0 Å². The third-order valence-corrected chi connectivity index (χ3v) is 9.21. The number of hydrogen-bond acceptors (Lipinski definition) is 0. The molecule has 1 heterocycles. The first-order valence-corrected chi connectivity index (χ1v) is 10.6. The molecule has 1 aromatic carbocycles. The Balaban J connectivity index is 0.00000131. The molecule has 2 aromatic rings. The molecule has 2 aliphatic carbocycles. The molecule has 0 saturated carbocycles. The maximum atomic E-state index is 2.47. The summed E-state index contributed by atoms with van der Waals surface area (Å²) in [6.45, 7) is 11.8. The third-order valence-electron chi connectivity index (χ3n) is 6.15. The standard InChI is InChI=1S/C13H10N.C10H15.2ClH.Ti/c1-2-6-12-11(5-1)7-8-13(12)14-9-3-4-10-14;1-7-6-10(4,5)9(3)8(7)2;;;/h1-7,9-10,13H;1-5H3;2*1H;/q;;;;+2/p-2. The Morgan fingerprint density at radius 2 is 1.52 bits per heavy atom. The second-order valence-corrected chi connectivity index (χ2v) is 9.83. The molecule has 1 unspecified atom stereocenters. The molecule has 2 aliphatic rings. The molecule has 0 spiro atoms. The molecule has 4 rings (SSSR count). The van der Waals surface area contributed by atoms with Gasteiger partial charge in [-0.05, 0) is 0 Å². The van der Waals surface area contributed by atoms with E-state index in [0.717, 1.165) is 0 Å². The zero-order valence-corrected chi connectivity index (χ0v) is 19.6. The van der Waals surface area contributed by atoms with Crippen molar-refractivity contribution in [3.05, 3.63) is 84.4 Å². The van der Waals surface area contributed by atoms with Crippen molar-refractivity contribution in [1.29, 1.82) is 0 Å². The van der Waals surface area contributed by atoms with Gasteiger partial charge in [0, 0.05) is 0 Å². The van der Waals surface area contributed by atoms with E-state index in [9.17, 15) is 0 Å². The molecule has 4 heteroatoms. The molecule has 0 bridgehead atoms. The van der Waals surface area contributed by atoms with E-state index in [1.54, 1.807) is 18.9 Å². The molecule has 1 aromatic heterocycles. The van der Waals surface area contributed by atoms with Crippen molar-refractivity contribution < 1.29 is 44.0 Å². The third kappa shape index (κ3) is 3.56. The van der Waals surface area contributed by atoms with Gasteiger partial charge in [-0.2, -0.15) is 0 Å². The van der Waals surface area contributed by atoms with Crippen molar-refractivity contribution in [2.45, 2.75) is 40.7 Å². The van der Waals surface area contributed by atoms with Gasteiger partial charge in [-0.15, -0.1) is 0 Å². The van der Waals surface area contributed by atoms with Gasteiger partial charge in [0.2, 0.25) is 0 Å². The van der Waals surface area contributed by atoms with Crippen LogP contribution in [0.4, 0.5) is 0 Å². The molecule has 1 atom stereocenters. The van der Waals surface area contributed by atoms with Gasteiger partial charge in [0.15, 0.2) is 0 Å². The van der Waals surface area contributed by atoms with E-state index in [1.165, 1.54) is 16.7 Å². The fraction of sp³-hybridized carbons (Fsp3) is 0.304. The predicted octanol–water partition coefficient (Wildman–Crippen LogP) is 0.173. The smallest absolute Gasteiger partial charge is 1.00 e. The van der Waals surface area contributed by atoms with Crippen LogP contribution in [-0.4, -0.2) is 4.57 Å². The van der Waals surface area contributed by atoms with Crippen LogP contribution in [0.15, 0.2) is 73.3 Å². The maximum Gasteiger partial charge on any atom is -1.00 e. The largest absolute Gasteiger partial charge is 1.00 e. The number of aromatic nitrogens is 1. The fourth-order valence-electron chi connectivity index (χ4n) is 4.24. The van der Waals surface area contributed by atoms with Crippen LogP contribution >= 0.6 is 0 Å². The summed E-state index contributed by atoms with van der Waals surface area (Å²) < 4.78 is 5.72. The van der Waals surface area contributed by atoms with Crippen molar-refractivity contribution in [2.24, 2.45) is 5.41 Å². The van der Waals surface area contributed by atoms with Crippen molar-refractivity contribution in [1.82, 2.24) is 4.57 Å². The van der Waals surface area contributed by atoms with Crippen LogP contribution in [-0.2, 0) is 19.2 Å². The Hall–Kier alpha value is -0.986. The second-order valence-electron chi connectivity index (χ2n) is 7.76. The molecule has 0 fully saturated rings. The van der Waals surface area contributed by atoms with Crippen LogP contribution in [0.2, 0.25) is 0 Å². The summed E-state index contributed by atoms with van der Waals surface area (Å²) in [5.41, 5.74) is 7.68. The predicted molar refractivity (Wildman–Crippen MR) is 102 cm³/mol. The number of benzene rings is 1. The molecule has 140 valence electrons. The molecule has 0 aliphatic heterocycles. The van der Waals surface area contributed by atoms with E-state index in [4.69, 9.17) is 0 Å². The fourth-order valence-corrected chi connectivity index (χ4v) is 7.10. The van der Waals surface area contributed by atoms with Crippen LogP contribution in [0.5, 0.6) is 0 Å². The van der Waals surface area contributed by atoms with Crippen molar-refractivity contribution in [3.63, 3.8) is 0 Å². The number of halogens is 2. The van der Waals surface area contributed by atoms with Crippen LogP contribution < -0.4 is 24.8 Å². The number of fused-ring (bicyclic) bond motifs is 1. The Morgan fingerprint density at radius 3 is 2.11 bits per heavy atom. The number of nitrogens with zero attached hydrogens (tertiary/aromatic N) is 1. The molecule has 0 saturated heterocycles. The van der Waals surface area contributed by atoms with E-state index in [-0.39, 0.29) is 49.4 Å². The van der Waals surface area contributed by atoms with Gasteiger partial charge in [-0.3, -0.25) is 0 Å². The normalized spacial score (nSPS) is 19.9. The SMILES string of the molecule is CC1=C(C)C(C)(C)[C]([Ti+2][C]2=Cc3ccccc3C2n2cccc2)=C1C.[Cl-].[Cl-]. The average molecular weight is 434 g/mol. The van der Waals surface area contributed by atoms with E-state index in [2.05, 4.69) is 94.1 Å². The Morgan fingerprint density at radius 1 is 0.889 bits per heavy atom. The summed E-state index contributed by atoms with van der Waals surface area (Å²) in [6, 6.07) is 13.5. The number of hydrogen-bond donors (Lipinski definition) is 0. The first kappa shape index (κ1) is 22.3. The van der Waals surface area contributed by atoms with Gasteiger partial charge in [0.05, 0.1) is 0 Å². The summed E-state index contributed by atoms with van der Waals surface area (Å²) in [7, 11) is 0. The van der Waals surface area contributed by atoms with E-state index in [1.807, 2.05) is 0 Å². The molecule has 1 nitrogen and oxygen atoms in total. The summed E-state index contributed by atoms with van der Waals surface area (Å²) in [5.74, 6) is 0. The maximum absolute atomic E-state index is 2.47. The van der Waals surface area contributed by atoms with Gasteiger partial charge in [-0.25, -0.2) is 0 Å². The van der Waals surface area contributed by atoms with Crippen LogP contribution in [0.1, 0.15) is 51.8 Å². The second kappa shape index (κ2) is 8.17. The Labute approximate surface area is 184 Å². The van der Waals surface area contributed by atoms with E-state index in [0.29, 0.717) is 6.04 Å². The van der Waals surface area contributed by atoms with E-state index >= 15 is 0 Å².